The first-order chi connectivity index (χ1) is 14.9. The fraction of sp³-hybridized carbons (Fsp3) is 0.375. The summed E-state index contributed by atoms with van der Waals surface area (Å²) in [6.45, 7) is 7.41. The van der Waals surface area contributed by atoms with Crippen molar-refractivity contribution in [3.05, 3.63) is 58.2 Å². The van der Waals surface area contributed by atoms with E-state index in [9.17, 15) is 4.79 Å². The van der Waals surface area contributed by atoms with Crippen LogP contribution in [0.2, 0.25) is 0 Å². The van der Waals surface area contributed by atoms with E-state index in [4.69, 9.17) is 4.74 Å². The van der Waals surface area contributed by atoms with Gasteiger partial charge >= 0.3 is 0 Å². The van der Waals surface area contributed by atoms with Crippen molar-refractivity contribution in [2.75, 3.05) is 13.7 Å². The van der Waals surface area contributed by atoms with Crippen LogP contribution in [0, 0.1) is 20.8 Å². The zero-order valence-electron chi connectivity index (χ0n) is 18.5. The van der Waals surface area contributed by atoms with Gasteiger partial charge in [0.15, 0.2) is 5.65 Å². The summed E-state index contributed by atoms with van der Waals surface area (Å²) < 4.78 is 7.28. The third kappa shape index (κ3) is 3.34. The molecule has 5 rings (SSSR count). The molecule has 1 aliphatic heterocycles. The van der Waals surface area contributed by atoms with E-state index in [0.717, 1.165) is 57.9 Å². The smallest absolute Gasteiger partial charge is 0.223 e. The van der Waals surface area contributed by atoms with Crippen molar-refractivity contribution in [2.45, 2.75) is 46.6 Å². The molecule has 1 amide bonds. The molecule has 0 radical (unpaired) electrons. The summed E-state index contributed by atoms with van der Waals surface area (Å²) in [5, 5.41) is 5.68. The molecular weight excluding hydrogens is 390 g/mol. The lowest BCUT2D eigenvalue weighted by Gasteiger charge is -2.27. The Morgan fingerprint density at radius 1 is 1.23 bits per heavy atom. The van der Waals surface area contributed by atoms with E-state index in [2.05, 4.69) is 28.1 Å². The highest BCUT2D eigenvalue weighted by Gasteiger charge is 2.24. The Morgan fingerprint density at radius 3 is 2.87 bits per heavy atom. The number of rotatable bonds is 4. The molecule has 0 bridgehead atoms. The predicted molar refractivity (Wildman–Crippen MR) is 119 cm³/mol. The fourth-order valence-electron chi connectivity index (χ4n) is 4.73. The van der Waals surface area contributed by atoms with Crippen LogP contribution in [0.5, 0.6) is 5.75 Å². The summed E-state index contributed by atoms with van der Waals surface area (Å²) in [5.74, 6) is 1.01. The Hall–Kier alpha value is -3.35. The number of carbonyl (C=O) groups excluding carboxylic acids is 1. The number of nitrogens with zero attached hydrogens (tertiary/aromatic N) is 4. The number of aromatic amines is 1. The lowest BCUT2D eigenvalue weighted by molar-refractivity contribution is -0.132. The number of ether oxygens (including phenoxy) is 1. The zero-order valence-corrected chi connectivity index (χ0v) is 18.5. The minimum atomic E-state index is 0.179. The zero-order chi connectivity index (χ0) is 21.7. The minimum Gasteiger partial charge on any atom is -0.497 e. The second kappa shape index (κ2) is 7.41. The van der Waals surface area contributed by atoms with E-state index in [1.807, 2.05) is 41.5 Å². The second-order valence-corrected chi connectivity index (χ2v) is 8.38. The van der Waals surface area contributed by atoms with Gasteiger partial charge in [0.05, 0.1) is 12.8 Å². The maximum atomic E-state index is 13.1. The molecule has 160 valence electrons. The van der Waals surface area contributed by atoms with Gasteiger partial charge in [0.2, 0.25) is 5.91 Å². The van der Waals surface area contributed by atoms with Crippen molar-refractivity contribution >= 4 is 22.5 Å². The van der Waals surface area contributed by atoms with Gasteiger partial charge in [-0.2, -0.15) is 5.10 Å². The number of nitrogens with one attached hydrogen (secondary N) is 1. The van der Waals surface area contributed by atoms with Crippen LogP contribution in [0.25, 0.3) is 16.6 Å². The molecular formula is C24H27N5O2. The number of carbonyl (C=O) groups is 1. The van der Waals surface area contributed by atoms with E-state index < -0.39 is 0 Å². The summed E-state index contributed by atoms with van der Waals surface area (Å²) in [6, 6.07) is 8.04. The summed E-state index contributed by atoms with van der Waals surface area (Å²) in [4.78, 5) is 23.3. The SMILES string of the molecule is COc1ccc2[nH]c3c(c2c1)CN(C(=O)CCc1c(C)nc2cc(C)nn2c1C)CC3. The molecule has 4 heterocycles. The molecule has 7 heteroatoms. The topological polar surface area (TPSA) is 75.5 Å². The number of amides is 1. The van der Waals surface area contributed by atoms with Gasteiger partial charge in [-0.05, 0) is 51.0 Å². The lowest BCUT2D eigenvalue weighted by Crippen LogP contribution is -2.36. The quantitative estimate of drug-likeness (QED) is 0.550. The number of hydrogen-bond donors (Lipinski definition) is 1. The van der Waals surface area contributed by atoms with E-state index >= 15 is 0 Å². The van der Waals surface area contributed by atoms with Crippen molar-refractivity contribution in [2.24, 2.45) is 0 Å². The number of methoxy groups -OCH3 is 1. The number of H-pyrrole nitrogens is 1. The first-order valence-corrected chi connectivity index (χ1v) is 10.7. The maximum absolute atomic E-state index is 13.1. The van der Waals surface area contributed by atoms with Gasteiger partial charge in [-0.15, -0.1) is 0 Å². The monoisotopic (exact) mass is 417 g/mol. The molecule has 0 saturated heterocycles. The average molecular weight is 418 g/mol. The molecule has 0 saturated carbocycles. The molecule has 1 aliphatic rings. The summed E-state index contributed by atoms with van der Waals surface area (Å²) >= 11 is 0. The Labute approximate surface area is 181 Å². The normalized spacial score (nSPS) is 13.7. The van der Waals surface area contributed by atoms with Crippen molar-refractivity contribution in [1.82, 2.24) is 24.5 Å². The van der Waals surface area contributed by atoms with Crippen LogP contribution in [0.15, 0.2) is 24.3 Å². The van der Waals surface area contributed by atoms with Crippen LogP contribution < -0.4 is 4.74 Å². The van der Waals surface area contributed by atoms with Gasteiger partial charge < -0.3 is 14.6 Å². The number of fused-ring (bicyclic) bond motifs is 4. The van der Waals surface area contributed by atoms with E-state index in [1.54, 1.807) is 7.11 Å². The molecule has 0 atom stereocenters. The predicted octanol–water partition coefficient (Wildman–Crippen LogP) is 3.66. The highest BCUT2D eigenvalue weighted by molar-refractivity contribution is 5.87. The lowest BCUT2D eigenvalue weighted by atomic mass is 10.0. The molecule has 7 nitrogen and oxygen atoms in total. The Balaban J connectivity index is 1.35. The summed E-state index contributed by atoms with van der Waals surface area (Å²) in [5.41, 5.74) is 8.48. The third-order valence-corrected chi connectivity index (χ3v) is 6.41. The Bertz CT molecular complexity index is 1320. The third-order valence-electron chi connectivity index (χ3n) is 6.41. The molecule has 4 aromatic rings. The summed E-state index contributed by atoms with van der Waals surface area (Å²) in [6.07, 6.45) is 1.98. The van der Waals surface area contributed by atoms with E-state index in [1.165, 1.54) is 11.3 Å². The highest BCUT2D eigenvalue weighted by Crippen LogP contribution is 2.31. The summed E-state index contributed by atoms with van der Waals surface area (Å²) in [7, 11) is 1.68. The van der Waals surface area contributed by atoms with Crippen LogP contribution >= 0.6 is 0 Å². The van der Waals surface area contributed by atoms with Crippen molar-refractivity contribution in [3.63, 3.8) is 0 Å². The Morgan fingerprint density at radius 2 is 2.06 bits per heavy atom. The van der Waals surface area contributed by atoms with Crippen molar-refractivity contribution in [3.8, 4) is 5.75 Å². The molecule has 1 aromatic carbocycles. The molecule has 0 spiro atoms. The van der Waals surface area contributed by atoms with Crippen molar-refractivity contribution < 1.29 is 9.53 Å². The molecule has 1 N–H and O–H groups in total. The van der Waals surface area contributed by atoms with Gasteiger partial charge in [-0.3, -0.25) is 4.79 Å². The van der Waals surface area contributed by atoms with Gasteiger partial charge in [0, 0.05) is 65.5 Å². The number of hydrogen-bond acceptors (Lipinski definition) is 4. The van der Waals surface area contributed by atoms with Gasteiger partial charge in [-0.1, -0.05) is 0 Å². The van der Waals surface area contributed by atoms with E-state index in [-0.39, 0.29) is 5.91 Å². The Kier molecular flexibility index (Phi) is 4.68. The highest BCUT2D eigenvalue weighted by atomic mass is 16.5. The molecule has 0 fully saturated rings. The molecule has 0 unspecified atom stereocenters. The standard InChI is InChI=1S/C24H27N5O2/c1-14-11-23-25-15(2)18(16(3)29(23)27-14)6-8-24(30)28-10-9-22-20(13-28)19-12-17(31-4)5-7-21(19)26-22/h5,7,11-12,26H,6,8-10,13H2,1-4H3. The van der Waals surface area contributed by atoms with Crippen LogP contribution in [-0.2, 0) is 24.2 Å². The van der Waals surface area contributed by atoms with Gasteiger partial charge in [0.25, 0.3) is 0 Å². The molecule has 0 aliphatic carbocycles. The molecule has 31 heavy (non-hydrogen) atoms. The van der Waals surface area contributed by atoms with Crippen LogP contribution in [-0.4, -0.2) is 44.0 Å². The van der Waals surface area contributed by atoms with Crippen molar-refractivity contribution in [1.29, 1.82) is 0 Å². The minimum absolute atomic E-state index is 0.179. The first kappa shape index (κ1) is 19.6. The fourth-order valence-corrected chi connectivity index (χ4v) is 4.73. The van der Waals surface area contributed by atoms with Gasteiger partial charge in [-0.25, -0.2) is 9.50 Å². The first-order valence-electron chi connectivity index (χ1n) is 10.7. The average Bonchev–Trinajstić information content (AvgIpc) is 3.32. The van der Waals surface area contributed by atoms with Gasteiger partial charge in [0.1, 0.15) is 5.75 Å². The number of benzene rings is 1. The van der Waals surface area contributed by atoms with Crippen LogP contribution in [0.3, 0.4) is 0 Å². The van der Waals surface area contributed by atoms with E-state index in [0.29, 0.717) is 19.4 Å². The molecule has 3 aromatic heterocycles. The largest absolute Gasteiger partial charge is 0.497 e. The van der Waals surface area contributed by atoms with Crippen LogP contribution in [0.4, 0.5) is 0 Å². The maximum Gasteiger partial charge on any atom is 0.223 e. The van der Waals surface area contributed by atoms with Crippen LogP contribution in [0.1, 0.15) is 40.3 Å². The number of aromatic nitrogens is 4. The second-order valence-electron chi connectivity index (χ2n) is 8.38. The number of aryl methyl sites for hydroxylation is 3.